The maximum atomic E-state index is 13.3. The van der Waals surface area contributed by atoms with Gasteiger partial charge in [-0.05, 0) is 56.3 Å². The number of thioether (sulfide) groups is 1. The first-order valence-electron chi connectivity index (χ1n) is 8.61. The van der Waals surface area contributed by atoms with Gasteiger partial charge in [-0.15, -0.1) is 10.2 Å². The zero-order chi connectivity index (χ0) is 20.3. The lowest BCUT2D eigenvalue weighted by Gasteiger charge is -2.14. The number of benzene rings is 2. The Balaban J connectivity index is 1.81. The molecule has 146 valence electrons. The number of hydrogen-bond acceptors (Lipinski definition) is 5. The van der Waals surface area contributed by atoms with Crippen molar-refractivity contribution in [2.45, 2.75) is 25.0 Å². The van der Waals surface area contributed by atoms with Crippen LogP contribution >= 0.6 is 11.8 Å². The fraction of sp³-hybridized carbons (Fsp3) is 0.250. The Hall–Kier alpha value is -2.74. The van der Waals surface area contributed by atoms with Crippen LogP contribution in [0.4, 0.5) is 8.78 Å². The van der Waals surface area contributed by atoms with E-state index in [0.29, 0.717) is 11.0 Å². The van der Waals surface area contributed by atoms with E-state index in [1.54, 1.807) is 7.11 Å². The Morgan fingerprint density at radius 3 is 2.43 bits per heavy atom. The number of carbonyl (C=O) groups excluding carboxylic acids is 1. The van der Waals surface area contributed by atoms with Crippen LogP contribution in [0.5, 0.6) is 5.75 Å². The lowest BCUT2D eigenvalue weighted by Crippen LogP contribution is -2.08. The number of rotatable bonds is 7. The third kappa shape index (κ3) is 4.22. The van der Waals surface area contributed by atoms with Crippen molar-refractivity contribution in [3.05, 3.63) is 59.7 Å². The first-order valence-corrected chi connectivity index (χ1v) is 9.59. The third-order valence-corrected chi connectivity index (χ3v) is 5.05. The number of ketones is 1. The Kier molecular flexibility index (Phi) is 6.08. The van der Waals surface area contributed by atoms with Crippen LogP contribution in [0, 0.1) is 11.6 Å². The first kappa shape index (κ1) is 20.0. The molecule has 0 radical (unpaired) electrons. The summed E-state index contributed by atoms with van der Waals surface area (Å²) in [6, 6.07) is 10.7. The molecule has 0 saturated heterocycles. The summed E-state index contributed by atoms with van der Waals surface area (Å²) in [5.41, 5.74) is 0.998. The summed E-state index contributed by atoms with van der Waals surface area (Å²) in [6.45, 7) is 4.00. The maximum absolute atomic E-state index is 13.3. The Morgan fingerprint density at radius 2 is 1.82 bits per heavy atom. The summed E-state index contributed by atoms with van der Waals surface area (Å²) in [7, 11) is 1.60. The molecular weight excluding hydrogens is 384 g/mol. The number of ether oxygens (including phenoxy) is 1. The minimum absolute atomic E-state index is 0.0402. The predicted molar refractivity (Wildman–Crippen MR) is 104 cm³/mol. The molecule has 0 unspecified atom stereocenters. The van der Waals surface area contributed by atoms with Gasteiger partial charge in [-0.3, -0.25) is 9.36 Å². The van der Waals surface area contributed by atoms with E-state index >= 15 is 0 Å². The zero-order valence-corrected chi connectivity index (χ0v) is 16.5. The zero-order valence-electron chi connectivity index (χ0n) is 15.6. The summed E-state index contributed by atoms with van der Waals surface area (Å²) >= 11 is 1.21. The van der Waals surface area contributed by atoms with Crippen molar-refractivity contribution in [3.63, 3.8) is 0 Å². The molecule has 2 aromatic carbocycles. The summed E-state index contributed by atoms with van der Waals surface area (Å²) in [4.78, 5) is 12.3. The van der Waals surface area contributed by atoms with Gasteiger partial charge in [0.25, 0.3) is 0 Å². The molecule has 0 aliphatic carbocycles. The second kappa shape index (κ2) is 8.52. The Labute approximate surface area is 165 Å². The minimum atomic E-state index is -1.04. The van der Waals surface area contributed by atoms with Gasteiger partial charge >= 0.3 is 0 Å². The van der Waals surface area contributed by atoms with Crippen LogP contribution in [-0.2, 0) is 0 Å². The fourth-order valence-electron chi connectivity index (χ4n) is 2.66. The lowest BCUT2D eigenvalue weighted by atomic mass is 10.1. The number of Topliss-reactive ketones (excluding diaryl/α,β-unsaturated/α-hetero) is 1. The van der Waals surface area contributed by atoms with Crippen LogP contribution in [0.25, 0.3) is 11.4 Å². The highest BCUT2D eigenvalue weighted by Gasteiger charge is 2.19. The number of nitrogens with zero attached hydrogens (tertiary/aromatic N) is 3. The van der Waals surface area contributed by atoms with Gasteiger partial charge in [0, 0.05) is 17.2 Å². The van der Waals surface area contributed by atoms with E-state index in [1.165, 1.54) is 17.8 Å². The van der Waals surface area contributed by atoms with Crippen molar-refractivity contribution in [2.75, 3.05) is 12.9 Å². The highest BCUT2D eigenvalue weighted by atomic mass is 32.2. The number of hydrogen-bond donors (Lipinski definition) is 0. The molecule has 0 aliphatic rings. The highest BCUT2D eigenvalue weighted by molar-refractivity contribution is 7.99. The fourth-order valence-corrected chi connectivity index (χ4v) is 3.62. The van der Waals surface area contributed by atoms with Crippen molar-refractivity contribution in [3.8, 4) is 17.1 Å². The highest BCUT2D eigenvalue weighted by Crippen LogP contribution is 2.29. The Bertz CT molecular complexity index is 988. The van der Waals surface area contributed by atoms with Gasteiger partial charge in [0.05, 0.1) is 12.9 Å². The molecule has 1 heterocycles. The summed E-state index contributed by atoms with van der Waals surface area (Å²) in [6.07, 6.45) is 0. The van der Waals surface area contributed by atoms with Gasteiger partial charge in [-0.2, -0.15) is 0 Å². The normalized spacial score (nSPS) is 11.1. The van der Waals surface area contributed by atoms with Crippen LogP contribution in [0.3, 0.4) is 0 Å². The van der Waals surface area contributed by atoms with Crippen LogP contribution in [0.15, 0.2) is 47.6 Å². The lowest BCUT2D eigenvalue weighted by molar-refractivity contribution is 0.102. The number of carbonyl (C=O) groups is 1. The van der Waals surface area contributed by atoms with Gasteiger partial charge in [-0.25, -0.2) is 8.78 Å². The van der Waals surface area contributed by atoms with Crippen molar-refractivity contribution in [1.29, 1.82) is 0 Å². The number of halogens is 2. The van der Waals surface area contributed by atoms with E-state index in [1.807, 2.05) is 42.7 Å². The van der Waals surface area contributed by atoms with Gasteiger partial charge < -0.3 is 4.74 Å². The van der Waals surface area contributed by atoms with Gasteiger partial charge in [0.15, 0.2) is 28.4 Å². The molecule has 0 atom stereocenters. The van der Waals surface area contributed by atoms with Crippen molar-refractivity contribution in [2.24, 2.45) is 0 Å². The summed E-state index contributed by atoms with van der Waals surface area (Å²) < 4.78 is 33.5. The van der Waals surface area contributed by atoms with Crippen molar-refractivity contribution < 1.29 is 18.3 Å². The SMILES string of the molecule is COc1ccc(-c2nnc(SCC(=O)c3ccc(F)c(F)c3)n2C(C)C)cc1. The number of aromatic nitrogens is 3. The average Bonchev–Trinajstić information content (AvgIpc) is 3.12. The molecule has 0 amide bonds. The van der Waals surface area contributed by atoms with Crippen LogP contribution in [-0.4, -0.2) is 33.4 Å². The van der Waals surface area contributed by atoms with E-state index < -0.39 is 11.6 Å². The topological polar surface area (TPSA) is 57.0 Å². The van der Waals surface area contributed by atoms with Crippen LogP contribution < -0.4 is 4.74 Å². The molecule has 0 spiro atoms. The minimum Gasteiger partial charge on any atom is -0.497 e. The van der Waals surface area contributed by atoms with Crippen molar-refractivity contribution in [1.82, 2.24) is 14.8 Å². The van der Waals surface area contributed by atoms with E-state index in [9.17, 15) is 13.6 Å². The largest absolute Gasteiger partial charge is 0.497 e. The molecule has 28 heavy (non-hydrogen) atoms. The third-order valence-electron chi connectivity index (χ3n) is 4.10. The monoisotopic (exact) mass is 403 g/mol. The molecule has 5 nitrogen and oxygen atoms in total. The predicted octanol–water partition coefficient (Wildman–Crippen LogP) is 4.79. The standard InChI is InChI=1S/C20H19F2N3O2S/c1-12(2)25-19(13-4-7-15(27-3)8-5-13)23-24-20(25)28-11-18(26)14-6-9-16(21)17(22)10-14/h4-10,12H,11H2,1-3H3. The maximum Gasteiger partial charge on any atom is 0.192 e. The van der Waals surface area contributed by atoms with E-state index in [2.05, 4.69) is 10.2 Å². The summed E-state index contributed by atoms with van der Waals surface area (Å²) in [5, 5.41) is 9.06. The molecule has 0 bridgehead atoms. The van der Waals surface area contributed by atoms with Crippen LogP contribution in [0.1, 0.15) is 30.2 Å². The molecule has 0 saturated carbocycles. The first-order chi connectivity index (χ1) is 13.4. The molecular formula is C20H19F2N3O2S. The van der Waals surface area contributed by atoms with Gasteiger partial charge in [-0.1, -0.05) is 11.8 Å². The van der Waals surface area contributed by atoms with E-state index in [0.717, 1.165) is 23.4 Å². The van der Waals surface area contributed by atoms with Crippen LogP contribution in [0.2, 0.25) is 0 Å². The molecule has 1 aromatic heterocycles. The average molecular weight is 403 g/mol. The quantitative estimate of drug-likeness (QED) is 0.419. The Morgan fingerprint density at radius 1 is 1.11 bits per heavy atom. The van der Waals surface area contributed by atoms with Gasteiger partial charge in [0.2, 0.25) is 0 Å². The van der Waals surface area contributed by atoms with Crippen molar-refractivity contribution >= 4 is 17.5 Å². The second-order valence-corrected chi connectivity index (χ2v) is 7.28. The summed E-state index contributed by atoms with van der Waals surface area (Å²) in [5.74, 6) is -0.867. The molecule has 3 aromatic rings. The molecule has 3 rings (SSSR count). The van der Waals surface area contributed by atoms with E-state index in [-0.39, 0.29) is 23.1 Å². The molecule has 0 N–H and O–H groups in total. The smallest absolute Gasteiger partial charge is 0.192 e. The molecule has 8 heteroatoms. The molecule has 0 fully saturated rings. The van der Waals surface area contributed by atoms with Gasteiger partial charge in [0.1, 0.15) is 5.75 Å². The molecule has 0 aliphatic heterocycles. The second-order valence-electron chi connectivity index (χ2n) is 6.34. The van der Waals surface area contributed by atoms with E-state index in [4.69, 9.17) is 4.74 Å². The number of methoxy groups -OCH3 is 1.